The Hall–Kier alpha value is -5.06. The van der Waals surface area contributed by atoms with E-state index in [1.54, 1.807) is 55.6 Å². The van der Waals surface area contributed by atoms with Crippen LogP contribution in [0.25, 0.3) is 0 Å². The summed E-state index contributed by atoms with van der Waals surface area (Å²) in [5, 5.41) is 18.1. The third-order valence-electron chi connectivity index (χ3n) is 6.55. The second-order valence-corrected chi connectivity index (χ2v) is 9.50. The minimum absolute atomic E-state index is 0.0375. The van der Waals surface area contributed by atoms with E-state index >= 15 is 0 Å². The Morgan fingerprint density at radius 2 is 1.49 bits per heavy atom. The van der Waals surface area contributed by atoms with E-state index in [1.807, 2.05) is 0 Å². The third-order valence-corrected chi connectivity index (χ3v) is 6.55. The zero-order valence-corrected chi connectivity index (χ0v) is 22.8. The fraction of sp³-hybridized carbons (Fsp3) is 0.267. The molecule has 214 valence electrons. The monoisotopic (exact) mass is 561 g/mol. The molecule has 3 amide bonds. The first-order valence-electron chi connectivity index (χ1n) is 12.9. The molecule has 11 nitrogen and oxygen atoms in total. The van der Waals surface area contributed by atoms with Crippen LogP contribution in [0.15, 0.2) is 66.7 Å². The molecule has 0 fully saturated rings. The number of aromatic hydroxyl groups is 1. The zero-order chi connectivity index (χ0) is 29.5. The van der Waals surface area contributed by atoms with E-state index in [4.69, 9.17) is 14.2 Å². The molecule has 1 heterocycles. The third kappa shape index (κ3) is 7.33. The number of esters is 1. The molecule has 11 heteroatoms. The second kappa shape index (κ2) is 12.9. The van der Waals surface area contributed by atoms with Crippen LogP contribution in [0.5, 0.6) is 17.2 Å². The molecule has 3 aromatic rings. The molecule has 0 unspecified atom stereocenters. The van der Waals surface area contributed by atoms with Crippen LogP contribution in [0.1, 0.15) is 29.7 Å². The van der Waals surface area contributed by atoms with Crippen molar-refractivity contribution in [1.82, 2.24) is 10.6 Å². The number of phenols is 1. The summed E-state index contributed by atoms with van der Waals surface area (Å²) in [7, 11) is 3.08. The van der Waals surface area contributed by atoms with E-state index in [9.17, 15) is 24.3 Å². The topological polar surface area (TPSA) is 152 Å². The Bertz CT molecular complexity index is 1420. The molecular formula is C30H31N3O8. The zero-order valence-electron chi connectivity index (χ0n) is 22.8. The van der Waals surface area contributed by atoms with Crippen LogP contribution >= 0.6 is 0 Å². The van der Waals surface area contributed by atoms with Crippen molar-refractivity contribution in [3.63, 3.8) is 0 Å². The molecule has 3 atom stereocenters. The molecule has 0 saturated carbocycles. The lowest BCUT2D eigenvalue weighted by Gasteiger charge is -2.33. The number of fused-ring (bicyclic) bond motifs is 1. The molecule has 1 aliphatic heterocycles. The van der Waals surface area contributed by atoms with Gasteiger partial charge in [-0.25, -0.2) is 0 Å². The van der Waals surface area contributed by atoms with Gasteiger partial charge in [0, 0.05) is 11.3 Å². The molecule has 0 saturated heterocycles. The molecular weight excluding hydrogens is 530 g/mol. The molecule has 0 spiro atoms. The van der Waals surface area contributed by atoms with Crippen molar-refractivity contribution >= 4 is 29.4 Å². The maximum Gasteiger partial charge on any atom is 0.311 e. The van der Waals surface area contributed by atoms with Crippen molar-refractivity contribution in [2.45, 2.75) is 38.0 Å². The molecule has 41 heavy (non-hydrogen) atoms. The van der Waals surface area contributed by atoms with Crippen molar-refractivity contribution in [2.24, 2.45) is 0 Å². The molecule has 0 bridgehead atoms. The largest absolute Gasteiger partial charge is 0.508 e. The Labute approximate surface area is 236 Å². The van der Waals surface area contributed by atoms with E-state index in [1.165, 1.54) is 32.2 Å². The van der Waals surface area contributed by atoms with Crippen molar-refractivity contribution < 1.29 is 38.5 Å². The number of nitrogens with one attached hydrogen (secondary N) is 3. The van der Waals surface area contributed by atoms with Gasteiger partial charge in [0.2, 0.25) is 17.9 Å². The van der Waals surface area contributed by atoms with Crippen LogP contribution in [0.3, 0.4) is 0 Å². The summed E-state index contributed by atoms with van der Waals surface area (Å²) >= 11 is 0. The number of anilines is 1. The summed E-state index contributed by atoms with van der Waals surface area (Å²) in [4.78, 5) is 51.6. The predicted octanol–water partition coefficient (Wildman–Crippen LogP) is 2.42. The van der Waals surface area contributed by atoms with Crippen molar-refractivity contribution in [1.29, 1.82) is 0 Å². The quantitative estimate of drug-likeness (QED) is 0.218. The van der Waals surface area contributed by atoms with Gasteiger partial charge < -0.3 is 35.3 Å². The van der Waals surface area contributed by atoms with Gasteiger partial charge in [0.25, 0.3) is 5.91 Å². The minimum Gasteiger partial charge on any atom is -0.508 e. The lowest BCUT2D eigenvalue weighted by Crippen LogP contribution is -2.52. The van der Waals surface area contributed by atoms with Crippen LogP contribution in [-0.4, -0.2) is 55.2 Å². The number of rotatable bonds is 10. The van der Waals surface area contributed by atoms with Gasteiger partial charge in [-0.05, 0) is 60.5 Å². The Balaban J connectivity index is 1.47. The van der Waals surface area contributed by atoms with Crippen LogP contribution < -0.4 is 25.4 Å². The Morgan fingerprint density at radius 3 is 2.07 bits per heavy atom. The highest BCUT2D eigenvalue weighted by molar-refractivity contribution is 6.00. The van der Waals surface area contributed by atoms with Crippen molar-refractivity contribution in [2.75, 3.05) is 19.5 Å². The van der Waals surface area contributed by atoms with Crippen LogP contribution in [-0.2, 0) is 36.8 Å². The van der Waals surface area contributed by atoms with Gasteiger partial charge in [0.1, 0.15) is 29.3 Å². The fourth-order valence-electron chi connectivity index (χ4n) is 4.37. The molecule has 0 radical (unpaired) electrons. The standard InChI is InChI=1S/C30H31N3O8/c1-17(31-25(35)14-18-4-9-21(39-2)10-5-18)29(37)33-27-23-16-20(34)8-13-24(23)32-30(38)28(27)41-26(36)15-19-6-11-22(40-3)12-7-19/h4-13,16-17,27-28,34H,14-15H2,1-3H3,(H,31,35)(H,32,38)(H,33,37)/t17-,27-,28+/m0/s1. The number of carbonyl (C=O) groups excluding carboxylic acids is 4. The van der Waals surface area contributed by atoms with Crippen molar-refractivity contribution in [3.8, 4) is 17.2 Å². The maximum absolute atomic E-state index is 13.2. The van der Waals surface area contributed by atoms with Crippen LogP contribution in [0.4, 0.5) is 5.69 Å². The number of hydrogen-bond acceptors (Lipinski definition) is 8. The molecule has 4 rings (SSSR count). The lowest BCUT2D eigenvalue weighted by molar-refractivity contribution is -0.156. The summed E-state index contributed by atoms with van der Waals surface area (Å²) in [6.45, 7) is 1.50. The number of methoxy groups -OCH3 is 2. The summed E-state index contributed by atoms with van der Waals surface area (Å²) in [6, 6.07) is 15.9. The first-order valence-corrected chi connectivity index (χ1v) is 12.9. The summed E-state index contributed by atoms with van der Waals surface area (Å²) in [5.41, 5.74) is 2.06. The van der Waals surface area contributed by atoms with Gasteiger partial charge in [0.15, 0.2) is 0 Å². The van der Waals surface area contributed by atoms with E-state index in [0.29, 0.717) is 28.3 Å². The number of carbonyl (C=O) groups is 4. The highest BCUT2D eigenvalue weighted by Gasteiger charge is 2.40. The average molecular weight is 562 g/mol. The number of amides is 3. The van der Waals surface area contributed by atoms with E-state index in [-0.39, 0.29) is 24.5 Å². The van der Waals surface area contributed by atoms with Gasteiger partial charge in [0.05, 0.1) is 27.1 Å². The summed E-state index contributed by atoms with van der Waals surface area (Å²) in [5.74, 6) is -1.17. The molecule has 3 aromatic carbocycles. The van der Waals surface area contributed by atoms with Gasteiger partial charge in [-0.1, -0.05) is 24.3 Å². The molecule has 0 aliphatic carbocycles. The summed E-state index contributed by atoms with van der Waals surface area (Å²) in [6.07, 6.45) is -1.52. The van der Waals surface area contributed by atoms with Gasteiger partial charge >= 0.3 is 5.97 Å². The van der Waals surface area contributed by atoms with E-state index < -0.39 is 36.0 Å². The van der Waals surface area contributed by atoms with Gasteiger partial charge in [-0.3, -0.25) is 19.2 Å². The second-order valence-electron chi connectivity index (χ2n) is 9.50. The highest BCUT2D eigenvalue weighted by atomic mass is 16.5. The maximum atomic E-state index is 13.2. The Morgan fingerprint density at radius 1 is 0.902 bits per heavy atom. The fourth-order valence-corrected chi connectivity index (χ4v) is 4.37. The first kappa shape index (κ1) is 28.9. The van der Waals surface area contributed by atoms with E-state index in [0.717, 1.165) is 5.56 Å². The highest BCUT2D eigenvalue weighted by Crippen LogP contribution is 2.35. The minimum atomic E-state index is -1.43. The molecule has 1 aliphatic rings. The molecule has 0 aromatic heterocycles. The first-order chi connectivity index (χ1) is 19.7. The van der Waals surface area contributed by atoms with Gasteiger partial charge in [-0.2, -0.15) is 0 Å². The Kier molecular flexibility index (Phi) is 9.08. The normalized spacial score (nSPS) is 16.4. The summed E-state index contributed by atoms with van der Waals surface area (Å²) < 4.78 is 15.8. The number of hydrogen-bond donors (Lipinski definition) is 4. The lowest BCUT2D eigenvalue weighted by atomic mass is 9.94. The van der Waals surface area contributed by atoms with Crippen molar-refractivity contribution in [3.05, 3.63) is 83.4 Å². The SMILES string of the molecule is COc1ccc(CC(=O)N[C@@H](C)C(=O)N[C@H]2c3cc(O)ccc3NC(=O)[C@@H]2OC(=O)Cc2ccc(OC)cc2)cc1. The molecule has 4 N–H and O–H groups in total. The number of phenolic OH excluding ortho intramolecular Hbond substituents is 1. The number of ether oxygens (including phenoxy) is 3. The van der Waals surface area contributed by atoms with Crippen LogP contribution in [0, 0.1) is 0 Å². The average Bonchev–Trinajstić information content (AvgIpc) is 2.95. The van der Waals surface area contributed by atoms with E-state index in [2.05, 4.69) is 16.0 Å². The van der Waals surface area contributed by atoms with Gasteiger partial charge in [-0.15, -0.1) is 0 Å². The van der Waals surface area contributed by atoms with Crippen LogP contribution in [0.2, 0.25) is 0 Å². The smallest absolute Gasteiger partial charge is 0.311 e. The predicted molar refractivity (Wildman–Crippen MR) is 149 cm³/mol. The number of benzene rings is 3.